The van der Waals surface area contributed by atoms with Crippen molar-refractivity contribution in [2.75, 3.05) is 13.2 Å². The first-order valence-corrected chi connectivity index (χ1v) is 8.01. The molecule has 1 saturated carbocycles. The van der Waals surface area contributed by atoms with Gasteiger partial charge >= 0.3 is 0 Å². The number of ether oxygens (including phenoxy) is 1. The molecule has 21 heavy (non-hydrogen) atoms. The molecule has 1 fully saturated rings. The zero-order chi connectivity index (χ0) is 15.5. The van der Waals surface area contributed by atoms with Gasteiger partial charge in [0, 0.05) is 12.6 Å². The minimum absolute atomic E-state index is 0.193. The summed E-state index contributed by atoms with van der Waals surface area (Å²) in [5, 5.41) is 13.6. The van der Waals surface area contributed by atoms with Crippen molar-refractivity contribution >= 4 is 0 Å². The Labute approximate surface area is 128 Å². The minimum atomic E-state index is -0.829. The van der Waals surface area contributed by atoms with Crippen LogP contribution >= 0.6 is 0 Å². The summed E-state index contributed by atoms with van der Waals surface area (Å²) in [6.45, 7) is 9.40. The molecule has 118 valence electrons. The van der Waals surface area contributed by atoms with E-state index in [1.54, 1.807) is 0 Å². The summed E-state index contributed by atoms with van der Waals surface area (Å²) in [5.74, 6) is 0.817. The Morgan fingerprint density at radius 2 is 1.81 bits per heavy atom. The molecule has 3 heteroatoms. The van der Waals surface area contributed by atoms with Crippen molar-refractivity contribution in [2.45, 2.75) is 64.0 Å². The Bertz CT molecular complexity index is 447. The molecule has 0 heterocycles. The van der Waals surface area contributed by atoms with Gasteiger partial charge in [-0.2, -0.15) is 0 Å². The topological polar surface area (TPSA) is 41.5 Å². The van der Waals surface area contributed by atoms with Crippen molar-refractivity contribution in [1.82, 2.24) is 5.32 Å². The van der Waals surface area contributed by atoms with E-state index in [9.17, 15) is 5.11 Å². The lowest BCUT2D eigenvalue weighted by atomic mass is 9.82. The number of hydrogen-bond donors (Lipinski definition) is 2. The van der Waals surface area contributed by atoms with Gasteiger partial charge < -0.3 is 15.2 Å². The van der Waals surface area contributed by atoms with Crippen LogP contribution in [0, 0.1) is 0 Å². The molecule has 0 spiro atoms. The van der Waals surface area contributed by atoms with Crippen LogP contribution in [0.3, 0.4) is 0 Å². The van der Waals surface area contributed by atoms with Crippen molar-refractivity contribution in [1.29, 1.82) is 0 Å². The second kappa shape index (κ2) is 6.37. The largest absolute Gasteiger partial charge is 0.491 e. The normalized spacial score (nSPS) is 18.3. The highest BCUT2D eigenvalue weighted by Gasteiger charge is 2.27. The predicted molar refractivity (Wildman–Crippen MR) is 86.9 cm³/mol. The van der Waals surface area contributed by atoms with Gasteiger partial charge in [0.05, 0.1) is 0 Å². The molecule has 2 rings (SSSR count). The Morgan fingerprint density at radius 3 is 2.33 bits per heavy atom. The van der Waals surface area contributed by atoms with E-state index in [0.717, 1.165) is 12.2 Å². The quantitative estimate of drug-likeness (QED) is 0.772. The van der Waals surface area contributed by atoms with Crippen LogP contribution in [-0.4, -0.2) is 29.9 Å². The molecule has 0 bridgehead atoms. The van der Waals surface area contributed by atoms with Crippen LogP contribution in [0.15, 0.2) is 24.3 Å². The summed E-state index contributed by atoms with van der Waals surface area (Å²) in [6, 6.07) is 8.84. The molecule has 2 N–H and O–H groups in total. The molecule has 1 aliphatic rings. The van der Waals surface area contributed by atoms with E-state index in [1.165, 1.54) is 18.4 Å². The molecule has 1 unspecified atom stereocenters. The van der Waals surface area contributed by atoms with Crippen molar-refractivity contribution < 1.29 is 9.84 Å². The third-order valence-electron chi connectivity index (χ3n) is 4.42. The molecule has 1 atom stereocenters. The van der Waals surface area contributed by atoms with Crippen LogP contribution in [0.25, 0.3) is 0 Å². The number of aliphatic hydroxyl groups is 1. The van der Waals surface area contributed by atoms with E-state index in [4.69, 9.17) is 4.74 Å². The maximum Gasteiger partial charge on any atom is 0.119 e. The first-order chi connectivity index (χ1) is 9.82. The van der Waals surface area contributed by atoms with E-state index in [2.05, 4.69) is 38.2 Å². The molecule has 0 radical (unpaired) electrons. The number of nitrogens with one attached hydrogen (secondary N) is 1. The van der Waals surface area contributed by atoms with Gasteiger partial charge in [0.1, 0.15) is 18.0 Å². The van der Waals surface area contributed by atoms with Crippen LogP contribution in [0.2, 0.25) is 0 Å². The minimum Gasteiger partial charge on any atom is -0.491 e. The molecule has 1 aromatic rings. The summed E-state index contributed by atoms with van der Waals surface area (Å²) >= 11 is 0. The SMILES string of the molecule is CCC(C)(C)c1ccc(OCC(C)(O)CNC2CC2)cc1. The van der Waals surface area contributed by atoms with E-state index < -0.39 is 5.60 Å². The molecule has 0 saturated heterocycles. The fraction of sp³-hybridized carbons (Fsp3) is 0.667. The lowest BCUT2D eigenvalue weighted by Crippen LogP contribution is -2.43. The van der Waals surface area contributed by atoms with Gasteiger partial charge in [0.25, 0.3) is 0 Å². The smallest absolute Gasteiger partial charge is 0.119 e. The van der Waals surface area contributed by atoms with Crippen LogP contribution in [0.4, 0.5) is 0 Å². The van der Waals surface area contributed by atoms with Gasteiger partial charge in [-0.25, -0.2) is 0 Å². The highest BCUT2D eigenvalue weighted by molar-refractivity contribution is 5.31. The molecule has 1 aromatic carbocycles. The van der Waals surface area contributed by atoms with Crippen LogP contribution < -0.4 is 10.1 Å². The molecular weight excluding hydrogens is 262 g/mol. The fourth-order valence-electron chi connectivity index (χ4n) is 2.15. The van der Waals surface area contributed by atoms with E-state index >= 15 is 0 Å². The molecule has 1 aliphatic carbocycles. The van der Waals surface area contributed by atoms with Gasteiger partial charge in [0.2, 0.25) is 0 Å². The zero-order valence-corrected chi connectivity index (χ0v) is 13.8. The first-order valence-electron chi connectivity index (χ1n) is 8.01. The maximum atomic E-state index is 10.3. The lowest BCUT2D eigenvalue weighted by Gasteiger charge is -2.25. The van der Waals surface area contributed by atoms with E-state index in [1.807, 2.05) is 19.1 Å². The lowest BCUT2D eigenvalue weighted by molar-refractivity contribution is 0.0120. The monoisotopic (exact) mass is 291 g/mol. The number of rotatable bonds is 8. The second-order valence-electron chi connectivity index (χ2n) is 7.20. The summed E-state index contributed by atoms with van der Waals surface area (Å²) in [5.41, 5.74) is 0.682. The molecular formula is C18H29NO2. The highest BCUT2D eigenvalue weighted by Crippen LogP contribution is 2.28. The van der Waals surface area contributed by atoms with Crippen molar-refractivity contribution in [3.05, 3.63) is 29.8 Å². The summed E-state index contributed by atoms with van der Waals surface area (Å²) in [7, 11) is 0. The second-order valence-corrected chi connectivity index (χ2v) is 7.20. The Morgan fingerprint density at radius 1 is 1.19 bits per heavy atom. The maximum absolute atomic E-state index is 10.3. The first kappa shape index (κ1) is 16.3. The third-order valence-corrected chi connectivity index (χ3v) is 4.42. The Kier molecular flexibility index (Phi) is 4.95. The van der Waals surface area contributed by atoms with Gasteiger partial charge in [-0.1, -0.05) is 32.9 Å². The van der Waals surface area contributed by atoms with Gasteiger partial charge in [-0.3, -0.25) is 0 Å². The van der Waals surface area contributed by atoms with E-state index in [-0.39, 0.29) is 5.41 Å². The summed E-state index contributed by atoms with van der Waals surface area (Å²) in [4.78, 5) is 0. The van der Waals surface area contributed by atoms with Gasteiger partial charge in [-0.15, -0.1) is 0 Å². The van der Waals surface area contributed by atoms with Crippen molar-refractivity contribution in [3.63, 3.8) is 0 Å². The standard InChI is InChI=1S/C18H29NO2/c1-5-17(2,3)14-6-10-16(11-7-14)21-13-18(4,20)12-19-15-8-9-15/h6-7,10-11,15,19-20H,5,8-9,12-13H2,1-4H3. The van der Waals surface area contributed by atoms with Crippen LogP contribution in [-0.2, 0) is 5.41 Å². The predicted octanol–water partition coefficient (Wildman–Crippen LogP) is 3.26. The van der Waals surface area contributed by atoms with Crippen molar-refractivity contribution in [2.24, 2.45) is 0 Å². The van der Waals surface area contributed by atoms with Crippen LogP contribution in [0.1, 0.15) is 52.5 Å². The number of hydrogen-bond acceptors (Lipinski definition) is 3. The summed E-state index contributed by atoms with van der Waals surface area (Å²) < 4.78 is 5.73. The van der Waals surface area contributed by atoms with Gasteiger partial charge in [-0.05, 0) is 49.3 Å². The fourth-order valence-corrected chi connectivity index (χ4v) is 2.15. The highest BCUT2D eigenvalue weighted by atomic mass is 16.5. The van der Waals surface area contributed by atoms with Crippen LogP contribution in [0.5, 0.6) is 5.75 Å². The number of benzene rings is 1. The molecule has 3 nitrogen and oxygen atoms in total. The van der Waals surface area contributed by atoms with Crippen molar-refractivity contribution in [3.8, 4) is 5.75 Å². The van der Waals surface area contributed by atoms with E-state index in [0.29, 0.717) is 19.2 Å². The molecule has 0 aliphatic heterocycles. The third kappa shape index (κ3) is 5.01. The Balaban J connectivity index is 1.85. The summed E-state index contributed by atoms with van der Waals surface area (Å²) in [6.07, 6.45) is 3.56. The van der Waals surface area contributed by atoms with Gasteiger partial charge in [0.15, 0.2) is 0 Å². The zero-order valence-electron chi connectivity index (χ0n) is 13.8. The average molecular weight is 291 g/mol. The molecule has 0 amide bonds. The molecule has 0 aromatic heterocycles. The average Bonchev–Trinajstić information content (AvgIpc) is 3.28. The Hall–Kier alpha value is -1.06.